The molecule has 0 spiro atoms. The molecule has 0 fully saturated rings. The molecular formula is C13H16N2OS. The molecule has 17 heavy (non-hydrogen) atoms. The van der Waals surface area contributed by atoms with Crippen LogP contribution < -0.4 is 5.32 Å². The van der Waals surface area contributed by atoms with Crippen LogP contribution in [0.15, 0.2) is 41.2 Å². The Bertz CT molecular complexity index is 440. The third-order valence-electron chi connectivity index (χ3n) is 2.64. The van der Waals surface area contributed by atoms with Gasteiger partial charge < -0.3 is 10.4 Å². The summed E-state index contributed by atoms with van der Waals surface area (Å²) in [5.74, 6) is 0. The topological polar surface area (TPSA) is 45.1 Å². The lowest BCUT2D eigenvalue weighted by molar-refractivity contribution is 0.0570. The molecule has 2 rings (SSSR count). The second-order valence-electron chi connectivity index (χ2n) is 4.21. The largest absolute Gasteiger partial charge is 0.384 e. The number of aromatic nitrogens is 1. The molecule has 1 unspecified atom stereocenters. The van der Waals surface area contributed by atoms with E-state index in [9.17, 15) is 5.11 Å². The maximum absolute atomic E-state index is 10.3. The van der Waals surface area contributed by atoms with Crippen molar-refractivity contribution >= 4 is 11.3 Å². The lowest BCUT2D eigenvalue weighted by Crippen LogP contribution is -2.34. The van der Waals surface area contributed by atoms with Crippen molar-refractivity contribution in [2.45, 2.75) is 19.1 Å². The van der Waals surface area contributed by atoms with Gasteiger partial charge in [-0.25, -0.2) is 0 Å². The molecule has 0 aliphatic rings. The van der Waals surface area contributed by atoms with Crippen molar-refractivity contribution in [1.29, 1.82) is 0 Å². The van der Waals surface area contributed by atoms with Gasteiger partial charge in [0, 0.05) is 19.3 Å². The quantitative estimate of drug-likeness (QED) is 0.852. The minimum atomic E-state index is -0.825. The van der Waals surface area contributed by atoms with Gasteiger partial charge >= 0.3 is 0 Å². The minimum Gasteiger partial charge on any atom is -0.384 e. The molecule has 1 atom stereocenters. The first-order valence-corrected chi connectivity index (χ1v) is 6.48. The van der Waals surface area contributed by atoms with Gasteiger partial charge in [-0.2, -0.15) is 11.3 Å². The number of nitrogens with zero attached hydrogens (tertiary/aromatic N) is 1. The van der Waals surface area contributed by atoms with Crippen molar-refractivity contribution in [3.05, 3.63) is 52.5 Å². The molecule has 0 amide bonds. The number of nitrogens with one attached hydrogen (secondary N) is 1. The lowest BCUT2D eigenvalue weighted by atomic mass is 9.99. The summed E-state index contributed by atoms with van der Waals surface area (Å²) in [5.41, 5.74) is 1.11. The van der Waals surface area contributed by atoms with Gasteiger partial charge in [0.2, 0.25) is 0 Å². The molecule has 0 aliphatic heterocycles. The van der Waals surface area contributed by atoms with Crippen molar-refractivity contribution in [1.82, 2.24) is 10.3 Å². The molecule has 2 heterocycles. The summed E-state index contributed by atoms with van der Waals surface area (Å²) in [6, 6.07) is 7.77. The molecule has 0 aromatic carbocycles. The molecule has 90 valence electrons. The number of pyridine rings is 1. The van der Waals surface area contributed by atoms with Crippen LogP contribution in [0.3, 0.4) is 0 Å². The normalized spacial score (nSPS) is 14.5. The number of rotatable bonds is 5. The van der Waals surface area contributed by atoms with Crippen LogP contribution in [0.25, 0.3) is 0 Å². The summed E-state index contributed by atoms with van der Waals surface area (Å²) in [6.45, 7) is 3.00. The summed E-state index contributed by atoms with van der Waals surface area (Å²) in [7, 11) is 0. The van der Waals surface area contributed by atoms with E-state index in [1.165, 1.54) is 0 Å². The second kappa shape index (κ2) is 5.40. The zero-order valence-corrected chi connectivity index (χ0v) is 10.6. The lowest BCUT2D eigenvalue weighted by Gasteiger charge is -2.22. The van der Waals surface area contributed by atoms with Gasteiger partial charge in [0.1, 0.15) is 0 Å². The minimum absolute atomic E-state index is 0.514. The molecule has 0 radical (unpaired) electrons. The zero-order valence-electron chi connectivity index (χ0n) is 9.76. The van der Waals surface area contributed by atoms with E-state index in [2.05, 4.69) is 10.3 Å². The number of hydrogen-bond donors (Lipinski definition) is 2. The Morgan fingerprint density at radius 3 is 2.94 bits per heavy atom. The molecule has 0 bridgehead atoms. The van der Waals surface area contributed by atoms with Crippen molar-refractivity contribution in [3.63, 3.8) is 0 Å². The Balaban J connectivity index is 1.86. The molecule has 0 aliphatic carbocycles. The van der Waals surface area contributed by atoms with Crippen LogP contribution in [0, 0.1) is 0 Å². The van der Waals surface area contributed by atoms with E-state index < -0.39 is 5.60 Å². The smallest absolute Gasteiger partial charge is 0.1000 e. The Labute approximate surface area is 105 Å². The van der Waals surface area contributed by atoms with E-state index in [4.69, 9.17) is 0 Å². The van der Waals surface area contributed by atoms with Crippen LogP contribution in [-0.4, -0.2) is 16.6 Å². The zero-order chi connectivity index (χ0) is 12.1. The highest BCUT2D eigenvalue weighted by atomic mass is 32.1. The second-order valence-corrected chi connectivity index (χ2v) is 4.99. The average molecular weight is 248 g/mol. The molecule has 4 heteroatoms. The van der Waals surface area contributed by atoms with Crippen molar-refractivity contribution < 1.29 is 5.11 Å². The van der Waals surface area contributed by atoms with Gasteiger partial charge in [-0.1, -0.05) is 6.07 Å². The van der Waals surface area contributed by atoms with Gasteiger partial charge in [-0.3, -0.25) is 4.98 Å². The SMILES string of the molecule is CC(O)(CNCc1ccccn1)c1ccsc1. The molecule has 2 aromatic heterocycles. The van der Waals surface area contributed by atoms with Crippen molar-refractivity contribution in [3.8, 4) is 0 Å². The summed E-state index contributed by atoms with van der Waals surface area (Å²) >= 11 is 1.60. The van der Waals surface area contributed by atoms with Crippen LogP contribution in [0.5, 0.6) is 0 Å². The summed E-state index contributed by atoms with van der Waals surface area (Å²) in [4.78, 5) is 4.22. The Hall–Kier alpha value is -1.23. The predicted molar refractivity (Wildman–Crippen MR) is 69.8 cm³/mol. The van der Waals surface area contributed by atoms with Crippen LogP contribution in [0.4, 0.5) is 0 Å². The van der Waals surface area contributed by atoms with E-state index in [1.807, 2.05) is 41.9 Å². The number of aliphatic hydroxyl groups is 1. The first-order valence-electron chi connectivity index (χ1n) is 5.54. The molecular weight excluding hydrogens is 232 g/mol. The Kier molecular flexibility index (Phi) is 3.89. The van der Waals surface area contributed by atoms with Gasteiger partial charge in [0.05, 0.1) is 11.3 Å². The summed E-state index contributed by atoms with van der Waals surface area (Å²) < 4.78 is 0. The van der Waals surface area contributed by atoms with Gasteiger partial charge in [0.25, 0.3) is 0 Å². The van der Waals surface area contributed by atoms with E-state index in [1.54, 1.807) is 17.5 Å². The van der Waals surface area contributed by atoms with Crippen molar-refractivity contribution in [2.24, 2.45) is 0 Å². The first kappa shape index (κ1) is 12.2. The number of hydrogen-bond acceptors (Lipinski definition) is 4. The standard InChI is InChI=1S/C13H16N2OS/c1-13(16,11-5-7-17-9-11)10-14-8-12-4-2-3-6-15-12/h2-7,9,14,16H,8,10H2,1H3. The highest BCUT2D eigenvalue weighted by molar-refractivity contribution is 7.08. The Morgan fingerprint density at radius 2 is 2.29 bits per heavy atom. The predicted octanol–water partition coefficient (Wildman–Crippen LogP) is 2.14. The molecule has 2 N–H and O–H groups in total. The average Bonchev–Trinajstić information content (AvgIpc) is 2.84. The first-order chi connectivity index (χ1) is 8.18. The van der Waals surface area contributed by atoms with E-state index in [-0.39, 0.29) is 0 Å². The van der Waals surface area contributed by atoms with Gasteiger partial charge in [-0.15, -0.1) is 0 Å². The van der Waals surface area contributed by atoms with Gasteiger partial charge in [-0.05, 0) is 41.4 Å². The van der Waals surface area contributed by atoms with Crippen LogP contribution in [-0.2, 0) is 12.1 Å². The van der Waals surface area contributed by atoms with Crippen LogP contribution in [0.2, 0.25) is 0 Å². The summed E-state index contributed by atoms with van der Waals surface area (Å²) in [6.07, 6.45) is 1.77. The van der Waals surface area contributed by atoms with Crippen molar-refractivity contribution in [2.75, 3.05) is 6.54 Å². The van der Waals surface area contributed by atoms with E-state index in [0.717, 1.165) is 11.3 Å². The third-order valence-corrected chi connectivity index (χ3v) is 3.33. The molecule has 0 saturated carbocycles. The highest BCUT2D eigenvalue weighted by Crippen LogP contribution is 2.21. The van der Waals surface area contributed by atoms with E-state index >= 15 is 0 Å². The van der Waals surface area contributed by atoms with Crippen LogP contribution in [0.1, 0.15) is 18.2 Å². The molecule has 0 saturated heterocycles. The third kappa shape index (κ3) is 3.36. The number of thiophene rings is 1. The fourth-order valence-corrected chi connectivity index (χ4v) is 2.39. The maximum Gasteiger partial charge on any atom is 0.1000 e. The Morgan fingerprint density at radius 1 is 1.41 bits per heavy atom. The fourth-order valence-electron chi connectivity index (χ4n) is 1.61. The van der Waals surface area contributed by atoms with Crippen LogP contribution >= 0.6 is 11.3 Å². The van der Waals surface area contributed by atoms with Gasteiger partial charge in [0.15, 0.2) is 0 Å². The fraction of sp³-hybridized carbons (Fsp3) is 0.308. The van der Waals surface area contributed by atoms with E-state index in [0.29, 0.717) is 13.1 Å². The highest BCUT2D eigenvalue weighted by Gasteiger charge is 2.22. The maximum atomic E-state index is 10.3. The monoisotopic (exact) mass is 248 g/mol. The summed E-state index contributed by atoms with van der Waals surface area (Å²) in [5, 5.41) is 17.4. The molecule has 3 nitrogen and oxygen atoms in total. The molecule has 2 aromatic rings.